The number of carbonyl (C=O) groups excluding carboxylic acids is 2. The SMILES string of the molecule is CCCCCCCC(C1=CC(=O)OC1=O)C(C)CCC(=O)O. The fourth-order valence-corrected chi connectivity index (χ4v) is 2.89. The van der Waals surface area contributed by atoms with Crippen LogP contribution in [0.4, 0.5) is 0 Å². The minimum absolute atomic E-state index is 0.0342. The van der Waals surface area contributed by atoms with Gasteiger partial charge >= 0.3 is 17.9 Å². The van der Waals surface area contributed by atoms with E-state index in [0.717, 1.165) is 25.7 Å². The van der Waals surface area contributed by atoms with Crippen molar-refractivity contribution in [3.63, 3.8) is 0 Å². The highest BCUT2D eigenvalue weighted by molar-refractivity contribution is 6.09. The molecule has 2 atom stereocenters. The fourth-order valence-electron chi connectivity index (χ4n) is 2.89. The van der Waals surface area contributed by atoms with Gasteiger partial charge in [-0.25, -0.2) is 9.59 Å². The lowest BCUT2D eigenvalue weighted by atomic mass is 9.80. The van der Waals surface area contributed by atoms with Crippen molar-refractivity contribution in [2.24, 2.45) is 11.8 Å². The normalized spacial score (nSPS) is 17.1. The first-order chi connectivity index (χ1) is 10.5. The molecule has 0 aromatic rings. The molecule has 0 aromatic heterocycles. The zero-order valence-electron chi connectivity index (χ0n) is 13.5. The van der Waals surface area contributed by atoms with E-state index in [1.54, 1.807) is 0 Å². The minimum Gasteiger partial charge on any atom is -0.481 e. The maximum Gasteiger partial charge on any atom is 0.342 e. The number of rotatable bonds is 11. The summed E-state index contributed by atoms with van der Waals surface area (Å²) in [5.74, 6) is -2.08. The third-order valence-electron chi connectivity index (χ3n) is 4.22. The quantitative estimate of drug-likeness (QED) is 0.359. The number of hydrogen-bond donors (Lipinski definition) is 1. The molecule has 2 unspecified atom stereocenters. The molecule has 0 bridgehead atoms. The molecule has 1 aliphatic rings. The second-order valence-electron chi connectivity index (χ2n) is 6.03. The molecular formula is C17H26O5. The molecule has 0 radical (unpaired) electrons. The standard InChI is InChI=1S/C17H26O5/c1-3-4-5-6-7-8-13(12(2)9-10-15(18)19)14-11-16(20)22-17(14)21/h11-13H,3-10H2,1-2H3,(H,18,19). The molecule has 124 valence electrons. The predicted octanol–water partition coefficient (Wildman–Crippen LogP) is 3.47. The second-order valence-corrected chi connectivity index (χ2v) is 6.03. The van der Waals surface area contributed by atoms with Gasteiger partial charge in [-0.05, 0) is 24.7 Å². The van der Waals surface area contributed by atoms with Gasteiger partial charge in [0.1, 0.15) is 0 Å². The van der Waals surface area contributed by atoms with Crippen LogP contribution in [0, 0.1) is 11.8 Å². The highest BCUT2D eigenvalue weighted by Crippen LogP contribution is 2.32. The van der Waals surface area contributed by atoms with Crippen molar-refractivity contribution in [1.29, 1.82) is 0 Å². The smallest absolute Gasteiger partial charge is 0.342 e. The summed E-state index contributed by atoms with van der Waals surface area (Å²) in [5.41, 5.74) is 0.415. The largest absolute Gasteiger partial charge is 0.481 e. The van der Waals surface area contributed by atoms with Gasteiger partial charge in [-0.3, -0.25) is 4.79 Å². The Morgan fingerprint density at radius 3 is 2.41 bits per heavy atom. The number of ether oxygens (including phenoxy) is 1. The van der Waals surface area contributed by atoms with E-state index in [2.05, 4.69) is 11.7 Å². The number of hydrogen-bond acceptors (Lipinski definition) is 4. The molecule has 5 nitrogen and oxygen atoms in total. The van der Waals surface area contributed by atoms with E-state index in [1.165, 1.54) is 18.9 Å². The van der Waals surface area contributed by atoms with Crippen molar-refractivity contribution >= 4 is 17.9 Å². The molecule has 0 aromatic carbocycles. The minimum atomic E-state index is -0.840. The van der Waals surface area contributed by atoms with Crippen LogP contribution < -0.4 is 0 Å². The summed E-state index contributed by atoms with van der Waals surface area (Å²) in [4.78, 5) is 33.8. The molecule has 1 rings (SSSR count). The monoisotopic (exact) mass is 310 g/mol. The molecule has 0 saturated carbocycles. The summed E-state index contributed by atoms with van der Waals surface area (Å²) in [7, 11) is 0. The number of aliphatic carboxylic acids is 1. The van der Waals surface area contributed by atoms with Crippen LogP contribution >= 0.6 is 0 Å². The summed E-state index contributed by atoms with van der Waals surface area (Å²) >= 11 is 0. The van der Waals surface area contributed by atoms with Gasteiger partial charge in [-0.1, -0.05) is 46.0 Å². The van der Waals surface area contributed by atoms with E-state index in [-0.39, 0.29) is 18.3 Å². The summed E-state index contributed by atoms with van der Waals surface area (Å²) in [6.45, 7) is 4.10. The molecule has 0 spiro atoms. The Bertz CT molecular complexity index is 438. The molecule has 0 fully saturated rings. The average molecular weight is 310 g/mol. The topological polar surface area (TPSA) is 80.7 Å². The maximum atomic E-state index is 11.8. The van der Waals surface area contributed by atoms with Gasteiger partial charge in [0, 0.05) is 18.1 Å². The van der Waals surface area contributed by atoms with E-state index >= 15 is 0 Å². The van der Waals surface area contributed by atoms with Gasteiger partial charge in [0.2, 0.25) is 0 Å². The molecular weight excluding hydrogens is 284 g/mol. The van der Waals surface area contributed by atoms with Crippen LogP contribution in [0.25, 0.3) is 0 Å². The molecule has 1 aliphatic heterocycles. The average Bonchev–Trinajstić information content (AvgIpc) is 2.79. The first kappa shape index (κ1) is 18.4. The number of cyclic esters (lactones) is 2. The fraction of sp³-hybridized carbons (Fsp3) is 0.706. The van der Waals surface area contributed by atoms with E-state index in [9.17, 15) is 14.4 Å². The third kappa shape index (κ3) is 6.00. The van der Waals surface area contributed by atoms with E-state index in [1.807, 2.05) is 6.92 Å². The van der Waals surface area contributed by atoms with Crippen molar-refractivity contribution in [2.75, 3.05) is 0 Å². The van der Waals surface area contributed by atoms with Crippen molar-refractivity contribution < 1.29 is 24.2 Å². The van der Waals surface area contributed by atoms with Crippen LogP contribution in [0.15, 0.2) is 11.6 Å². The van der Waals surface area contributed by atoms with E-state index in [4.69, 9.17) is 5.11 Å². The van der Waals surface area contributed by atoms with Gasteiger partial charge in [-0.15, -0.1) is 0 Å². The summed E-state index contributed by atoms with van der Waals surface area (Å²) < 4.78 is 4.59. The van der Waals surface area contributed by atoms with Gasteiger partial charge in [0.05, 0.1) is 0 Å². The highest BCUT2D eigenvalue weighted by atomic mass is 16.6. The Kier molecular flexibility index (Phi) is 7.85. The van der Waals surface area contributed by atoms with Crippen molar-refractivity contribution in [1.82, 2.24) is 0 Å². The van der Waals surface area contributed by atoms with E-state index < -0.39 is 17.9 Å². The number of esters is 2. The molecule has 5 heteroatoms. The van der Waals surface area contributed by atoms with Crippen LogP contribution in [0.2, 0.25) is 0 Å². The molecule has 0 amide bonds. The Morgan fingerprint density at radius 2 is 1.86 bits per heavy atom. The Labute approximate surface area is 131 Å². The van der Waals surface area contributed by atoms with E-state index in [0.29, 0.717) is 12.0 Å². The number of unbranched alkanes of at least 4 members (excludes halogenated alkanes) is 4. The second kappa shape index (κ2) is 9.38. The lowest BCUT2D eigenvalue weighted by Crippen LogP contribution is -2.19. The first-order valence-corrected chi connectivity index (χ1v) is 8.15. The van der Waals surface area contributed by atoms with Gasteiger partial charge in [0.15, 0.2) is 0 Å². The molecule has 0 saturated heterocycles. The Hall–Kier alpha value is -1.65. The van der Waals surface area contributed by atoms with Gasteiger partial charge < -0.3 is 9.84 Å². The summed E-state index contributed by atoms with van der Waals surface area (Å²) in [6.07, 6.45) is 8.22. The summed E-state index contributed by atoms with van der Waals surface area (Å²) in [6, 6.07) is 0. The zero-order chi connectivity index (χ0) is 16.5. The Morgan fingerprint density at radius 1 is 1.18 bits per heavy atom. The highest BCUT2D eigenvalue weighted by Gasteiger charge is 2.33. The predicted molar refractivity (Wildman–Crippen MR) is 82.1 cm³/mol. The maximum absolute atomic E-state index is 11.8. The van der Waals surface area contributed by atoms with Gasteiger partial charge in [0.25, 0.3) is 0 Å². The van der Waals surface area contributed by atoms with Crippen molar-refractivity contribution in [3.8, 4) is 0 Å². The lowest BCUT2D eigenvalue weighted by molar-refractivity contribution is -0.151. The van der Waals surface area contributed by atoms with Gasteiger partial charge in [-0.2, -0.15) is 0 Å². The van der Waals surface area contributed by atoms with Crippen molar-refractivity contribution in [3.05, 3.63) is 11.6 Å². The lowest BCUT2D eigenvalue weighted by Gasteiger charge is -2.23. The van der Waals surface area contributed by atoms with Crippen LogP contribution in [-0.4, -0.2) is 23.0 Å². The number of carboxylic acid groups (broad SMARTS) is 1. The van der Waals surface area contributed by atoms with Crippen LogP contribution in [0.3, 0.4) is 0 Å². The number of carboxylic acids is 1. The molecule has 1 N–H and O–H groups in total. The van der Waals surface area contributed by atoms with Crippen molar-refractivity contribution in [2.45, 2.75) is 65.2 Å². The van der Waals surface area contributed by atoms with Crippen LogP contribution in [0.5, 0.6) is 0 Å². The zero-order valence-corrected chi connectivity index (χ0v) is 13.5. The molecule has 1 heterocycles. The molecule has 22 heavy (non-hydrogen) atoms. The number of carbonyl (C=O) groups is 3. The Balaban J connectivity index is 2.64. The summed E-state index contributed by atoms with van der Waals surface area (Å²) in [5, 5.41) is 8.82. The molecule has 0 aliphatic carbocycles. The van der Waals surface area contributed by atoms with Crippen LogP contribution in [-0.2, 0) is 19.1 Å². The van der Waals surface area contributed by atoms with Crippen LogP contribution in [0.1, 0.15) is 65.2 Å². The first-order valence-electron chi connectivity index (χ1n) is 8.15. The third-order valence-corrected chi connectivity index (χ3v) is 4.22.